The molecule has 0 radical (unpaired) electrons. The molecule has 82 heavy (non-hydrogen) atoms. The molecule has 400 valence electrons. The molecular formula is C77H63F2N3. The summed E-state index contributed by atoms with van der Waals surface area (Å²) < 4.78 is 39.0. The van der Waals surface area contributed by atoms with E-state index in [-0.39, 0.29) is 17.6 Å². The quantitative estimate of drug-likeness (QED) is 0.144. The Bertz CT molecular complexity index is 4750. The predicted octanol–water partition coefficient (Wildman–Crippen LogP) is 21.3. The first-order valence-electron chi connectivity index (χ1n) is 28.6. The lowest BCUT2D eigenvalue weighted by atomic mass is 9.65. The van der Waals surface area contributed by atoms with Crippen molar-refractivity contribution in [3.8, 4) is 50.4 Å². The van der Waals surface area contributed by atoms with Gasteiger partial charge in [0.1, 0.15) is 11.6 Å². The highest BCUT2D eigenvalue weighted by molar-refractivity contribution is 6.27. The number of fused-ring (bicyclic) bond motifs is 10. The summed E-state index contributed by atoms with van der Waals surface area (Å²) >= 11 is 0. The summed E-state index contributed by atoms with van der Waals surface area (Å²) in [5.74, 6) is -0.881. The molecule has 0 saturated heterocycles. The Balaban J connectivity index is 1.25. The van der Waals surface area contributed by atoms with Gasteiger partial charge in [-0.3, -0.25) is 0 Å². The van der Waals surface area contributed by atoms with E-state index in [4.69, 9.17) is 0 Å². The van der Waals surface area contributed by atoms with Crippen molar-refractivity contribution in [3.05, 3.63) is 270 Å². The number of halogens is 2. The summed E-state index contributed by atoms with van der Waals surface area (Å²) in [5, 5.41) is 6.85. The lowest BCUT2D eigenvalue weighted by Crippen LogP contribution is -2.27. The molecule has 3 aromatic heterocycles. The fourth-order valence-electron chi connectivity index (χ4n) is 14.0. The highest BCUT2D eigenvalue weighted by Crippen LogP contribution is 2.57. The first kappa shape index (κ1) is 50.9. The molecular weight excluding hydrogens is 1000 g/mol. The SMILES string of the molecule is Cc1ccccc1-c1ccc2c(c1C(C)c1c(C(C)(C)C)c(-c3ccc(F)cc3)c(-n3c4ccccc4c4ccc5c(c6ccccc6n5-c5ccccc5)c43)c(-c3ccc(F)cc3)c1C(C)(C)C)c1ccccc1n2-c1ccccc1. The van der Waals surface area contributed by atoms with Gasteiger partial charge in [-0.15, -0.1) is 0 Å². The molecule has 3 nitrogen and oxygen atoms in total. The zero-order chi connectivity index (χ0) is 56.3. The van der Waals surface area contributed by atoms with Gasteiger partial charge in [-0.1, -0.05) is 200 Å². The van der Waals surface area contributed by atoms with E-state index in [0.29, 0.717) is 0 Å². The van der Waals surface area contributed by atoms with E-state index in [1.807, 2.05) is 24.3 Å². The zero-order valence-electron chi connectivity index (χ0n) is 47.6. The van der Waals surface area contributed by atoms with E-state index in [1.54, 1.807) is 24.3 Å². The van der Waals surface area contributed by atoms with Crippen molar-refractivity contribution in [2.45, 2.75) is 72.1 Å². The third-order valence-corrected chi connectivity index (χ3v) is 17.2. The highest BCUT2D eigenvalue weighted by Gasteiger charge is 2.40. The molecule has 0 aliphatic heterocycles. The monoisotopic (exact) mass is 1070 g/mol. The molecule has 0 N–H and O–H groups in total. The van der Waals surface area contributed by atoms with E-state index < -0.39 is 10.8 Å². The molecule has 0 saturated carbocycles. The van der Waals surface area contributed by atoms with Gasteiger partial charge in [0, 0.05) is 60.7 Å². The van der Waals surface area contributed by atoms with Gasteiger partial charge in [0.2, 0.25) is 0 Å². The lowest BCUT2D eigenvalue weighted by Gasteiger charge is -2.40. The minimum atomic E-state index is -0.532. The van der Waals surface area contributed by atoms with Crippen LogP contribution < -0.4 is 0 Å². The first-order valence-corrected chi connectivity index (χ1v) is 28.6. The largest absolute Gasteiger partial charge is 0.309 e. The number of benzene rings is 11. The standard InChI is InChI=1S/C77H63F2N3/c1-47-23-15-16-28-55(47)57-43-45-64-70(59-30-18-21-33-62(59)80(64)53-24-11-9-12-25-53)66(57)48(2)67-72(76(3,4)5)68(49-35-39-51(78)40-36-49)75(69(73(67)77(6,7)8)50-37-41-52(79)42-38-50)82-61-32-20-17-29-56(61)58-44-46-65-71(74(58)82)60-31-19-22-34-63(60)81(65)54-26-13-10-14-27-54/h9-46,48H,1-8H3. The fraction of sp³-hybridized carbons (Fsp3) is 0.143. The molecule has 1 unspecified atom stereocenters. The Kier molecular flexibility index (Phi) is 11.9. The molecule has 0 bridgehead atoms. The predicted molar refractivity (Wildman–Crippen MR) is 342 cm³/mol. The third kappa shape index (κ3) is 7.88. The summed E-state index contributed by atoms with van der Waals surface area (Å²) in [6.07, 6.45) is 0. The Hall–Kier alpha value is -9.32. The van der Waals surface area contributed by atoms with E-state index in [2.05, 4.69) is 251 Å². The lowest BCUT2D eigenvalue weighted by molar-refractivity contribution is 0.552. The Morgan fingerprint density at radius 1 is 0.354 bits per heavy atom. The number of aromatic nitrogens is 3. The maximum Gasteiger partial charge on any atom is 0.123 e. The van der Waals surface area contributed by atoms with Gasteiger partial charge < -0.3 is 13.7 Å². The van der Waals surface area contributed by atoms with Crippen LogP contribution in [-0.4, -0.2) is 13.7 Å². The van der Waals surface area contributed by atoms with E-state index in [9.17, 15) is 0 Å². The molecule has 0 aliphatic carbocycles. The summed E-state index contributed by atoms with van der Waals surface area (Å²) in [4.78, 5) is 0. The molecule has 1 atom stereocenters. The Morgan fingerprint density at radius 3 is 1.29 bits per heavy atom. The molecule has 5 heteroatoms. The second-order valence-corrected chi connectivity index (χ2v) is 24.3. The topological polar surface area (TPSA) is 14.8 Å². The van der Waals surface area contributed by atoms with Crippen LogP contribution in [0.25, 0.3) is 116 Å². The molecule has 0 aliphatic rings. The van der Waals surface area contributed by atoms with Crippen molar-refractivity contribution in [1.82, 2.24) is 13.7 Å². The van der Waals surface area contributed by atoms with Crippen molar-refractivity contribution >= 4 is 65.4 Å². The van der Waals surface area contributed by atoms with Crippen molar-refractivity contribution in [1.29, 1.82) is 0 Å². The van der Waals surface area contributed by atoms with Crippen LogP contribution >= 0.6 is 0 Å². The minimum Gasteiger partial charge on any atom is -0.309 e. The van der Waals surface area contributed by atoms with Crippen LogP contribution in [0.15, 0.2) is 231 Å². The van der Waals surface area contributed by atoms with Crippen LogP contribution in [0.2, 0.25) is 0 Å². The maximum atomic E-state index is 15.8. The van der Waals surface area contributed by atoms with E-state index in [0.717, 1.165) is 94.0 Å². The van der Waals surface area contributed by atoms with Gasteiger partial charge in [-0.2, -0.15) is 0 Å². The van der Waals surface area contributed by atoms with Gasteiger partial charge in [0.05, 0.1) is 38.8 Å². The molecule has 14 rings (SSSR count). The molecule has 0 spiro atoms. The highest BCUT2D eigenvalue weighted by atomic mass is 19.1. The average Bonchev–Trinajstić information content (AvgIpc) is 1.49. The number of hydrogen-bond donors (Lipinski definition) is 0. The van der Waals surface area contributed by atoms with Gasteiger partial charge >= 0.3 is 0 Å². The summed E-state index contributed by atoms with van der Waals surface area (Å²) in [5.41, 5.74) is 20.7. The van der Waals surface area contributed by atoms with Crippen molar-refractivity contribution in [2.24, 2.45) is 0 Å². The minimum absolute atomic E-state index is 0.266. The second-order valence-electron chi connectivity index (χ2n) is 24.3. The summed E-state index contributed by atoms with van der Waals surface area (Å²) in [7, 11) is 0. The van der Waals surface area contributed by atoms with Crippen molar-refractivity contribution < 1.29 is 8.78 Å². The van der Waals surface area contributed by atoms with Gasteiger partial charge in [0.25, 0.3) is 0 Å². The summed E-state index contributed by atoms with van der Waals surface area (Å²) in [6.45, 7) is 18.7. The number of hydrogen-bond acceptors (Lipinski definition) is 0. The van der Waals surface area contributed by atoms with Crippen LogP contribution in [0.5, 0.6) is 0 Å². The first-order chi connectivity index (χ1) is 39.7. The van der Waals surface area contributed by atoms with Crippen LogP contribution in [0.4, 0.5) is 8.78 Å². The van der Waals surface area contributed by atoms with Gasteiger partial charge in [-0.05, 0) is 147 Å². The van der Waals surface area contributed by atoms with Crippen molar-refractivity contribution in [2.75, 3.05) is 0 Å². The summed E-state index contributed by atoms with van der Waals surface area (Å²) in [6, 6.07) is 80.1. The van der Waals surface area contributed by atoms with Crippen LogP contribution in [-0.2, 0) is 10.8 Å². The molecule has 11 aromatic carbocycles. The molecule has 14 aromatic rings. The molecule has 0 fully saturated rings. The number of nitrogens with zero attached hydrogens (tertiary/aromatic N) is 3. The number of para-hydroxylation sites is 5. The Labute approximate surface area is 478 Å². The van der Waals surface area contributed by atoms with Crippen molar-refractivity contribution in [3.63, 3.8) is 0 Å². The fourth-order valence-corrected chi connectivity index (χ4v) is 14.0. The van der Waals surface area contributed by atoms with Crippen LogP contribution in [0.1, 0.15) is 82.2 Å². The van der Waals surface area contributed by atoms with Crippen LogP contribution in [0.3, 0.4) is 0 Å². The van der Waals surface area contributed by atoms with Crippen LogP contribution in [0, 0.1) is 18.6 Å². The zero-order valence-corrected chi connectivity index (χ0v) is 47.6. The van der Waals surface area contributed by atoms with Gasteiger partial charge in [0.15, 0.2) is 0 Å². The maximum absolute atomic E-state index is 15.8. The van der Waals surface area contributed by atoms with Gasteiger partial charge in [-0.25, -0.2) is 8.78 Å². The average molecular weight is 1070 g/mol. The van der Waals surface area contributed by atoms with E-state index >= 15 is 8.78 Å². The number of rotatable bonds is 8. The number of aryl methyl sites for hydroxylation is 1. The Morgan fingerprint density at radius 2 is 0.780 bits per heavy atom. The second kappa shape index (κ2) is 19.2. The smallest absolute Gasteiger partial charge is 0.123 e. The normalized spacial score (nSPS) is 12.7. The van der Waals surface area contributed by atoms with E-state index in [1.165, 1.54) is 49.7 Å². The molecule has 3 heterocycles. The molecule has 0 amide bonds. The third-order valence-electron chi connectivity index (χ3n) is 17.2.